The maximum atomic E-state index is 11.9. The summed E-state index contributed by atoms with van der Waals surface area (Å²) in [6.45, 7) is 6.30. The third-order valence-corrected chi connectivity index (χ3v) is 7.42. The Balaban J connectivity index is 1.79. The number of sulfone groups is 1. The number of hydrogen-bond acceptors (Lipinski definition) is 4. The van der Waals surface area contributed by atoms with Gasteiger partial charge in [0.1, 0.15) is 5.15 Å². The number of aromatic nitrogens is 2. The topological polar surface area (TPSA) is 55.2 Å². The Labute approximate surface area is 167 Å². The van der Waals surface area contributed by atoms with Crippen molar-refractivity contribution in [3.8, 4) is 0 Å². The van der Waals surface area contributed by atoms with Crippen molar-refractivity contribution >= 4 is 21.4 Å². The van der Waals surface area contributed by atoms with Crippen LogP contribution in [0.5, 0.6) is 0 Å². The first kappa shape index (κ1) is 20.4. The quantitative estimate of drug-likeness (QED) is 0.667. The fourth-order valence-electron chi connectivity index (χ4n) is 3.65. The van der Waals surface area contributed by atoms with Gasteiger partial charge in [-0.15, -0.1) is 0 Å². The molecule has 1 unspecified atom stereocenters. The van der Waals surface area contributed by atoms with E-state index in [0.717, 1.165) is 36.2 Å². The van der Waals surface area contributed by atoms with Crippen LogP contribution < -0.4 is 0 Å². The van der Waals surface area contributed by atoms with Gasteiger partial charge in [-0.05, 0) is 31.9 Å². The minimum Gasteiger partial charge on any atom is -0.295 e. The Morgan fingerprint density at radius 2 is 2.04 bits per heavy atom. The lowest BCUT2D eigenvalue weighted by molar-refractivity contribution is 0.200. The molecule has 0 spiro atoms. The summed E-state index contributed by atoms with van der Waals surface area (Å²) >= 11 is 6.68. The lowest BCUT2D eigenvalue weighted by atomic mass is 10.1. The fraction of sp³-hybridized carbons (Fsp3) is 0.550. The van der Waals surface area contributed by atoms with E-state index < -0.39 is 9.84 Å². The summed E-state index contributed by atoms with van der Waals surface area (Å²) in [7, 11) is -2.91. The lowest BCUT2D eigenvalue weighted by Gasteiger charge is -2.28. The second-order valence-corrected chi connectivity index (χ2v) is 9.97. The van der Waals surface area contributed by atoms with Gasteiger partial charge < -0.3 is 0 Å². The maximum absolute atomic E-state index is 11.9. The average Bonchev–Trinajstić information content (AvgIpc) is 3.12. The molecule has 2 aromatic rings. The van der Waals surface area contributed by atoms with Crippen molar-refractivity contribution in [3.63, 3.8) is 0 Å². The molecule has 0 radical (unpaired) electrons. The van der Waals surface area contributed by atoms with Gasteiger partial charge in [-0.1, -0.05) is 55.3 Å². The molecule has 0 aliphatic carbocycles. The normalized spacial score (nSPS) is 19.0. The van der Waals surface area contributed by atoms with Crippen molar-refractivity contribution in [2.24, 2.45) is 0 Å². The predicted molar refractivity (Wildman–Crippen MR) is 110 cm³/mol. The monoisotopic (exact) mass is 409 g/mol. The van der Waals surface area contributed by atoms with E-state index in [9.17, 15) is 8.42 Å². The van der Waals surface area contributed by atoms with Crippen molar-refractivity contribution in [3.05, 3.63) is 52.3 Å². The zero-order chi connectivity index (χ0) is 19.4. The molecule has 1 atom stereocenters. The molecule has 1 aromatic carbocycles. The molecule has 0 bridgehead atoms. The van der Waals surface area contributed by atoms with Crippen molar-refractivity contribution in [1.82, 2.24) is 14.7 Å². The molecule has 1 aliphatic rings. The van der Waals surface area contributed by atoms with Gasteiger partial charge >= 0.3 is 0 Å². The molecule has 3 rings (SSSR count). The second kappa shape index (κ2) is 8.76. The molecule has 1 aliphatic heterocycles. The number of nitrogens with zero attached hydrogens (tertiary/aromatic N) is 3. The van der Waals surface area contributed by atoms with E-state index in [-0.39, 0.29) is 11.8 Å². The number of aryl methyl sites for hydroxylation is 1. The highest BCUT2D eigenvalue weighted by atomic mass is 35.5. The van der Waals surface area contributed by atoms with E-state index in [4.69, 9.17) is 11.6 Å². The van der Waals surface area contributed by atoms with Gasteiger partial charge in [0, 0.05) is 18.2 Å². The SMILES string of the molecule is CCCCN(Cc1c(C)nn(Cc2ccccc2)c1Cl)C1CCS(=O)(=O)C1. The van der Waals surface area contributed by atoms with Gasteiger partial charge in [0.15, 0.2) is 9.84 Å². The van der Waals surface area contributed by atoms with Crippen molar-refractivity contribution in [1.29, 1.82) is 0 Å². The van der Waals surface area contributed by atoms with Gasteiger partial charge in [-0.25, -0.2) is 13.1 Å². The molecule has 1 saturated heterocycles. The zero-order valence-corrected chi connectivity index (χ0v) is 17.6. The van der Waals surface area contributed by atoms with Gasteiger partial charge in [-0.3, -0.25) is 4.90 Å². The summed E-state index contributed by atoms with van der Waals surface area (Å²) < 4.78 is 25.7. The van der Waals surface area contributed by atoms with E-state index in [1.54, 1.807) is 0 Å². The zero-order valence-electron chi connectivity index (χ0n) is 16.1. The molecule has 0 saturated carbocycles. The minimum absolute atomic E-state index is 0.0782. The van der Waals surface area contributed by atoms with Gasteiger partial charge in [0.05, 0.1) is 23.7 Å². The summed E-state index contributed by atoms with van der Waals surface area (Å²) in [5.41, 5.74) is 3.07. The van der Waals surface area contributed by atoms with Crippen molar-refractivity contribution in [2.75, 3.05) is 18.1 Å². The largest absolute Gasteiger partial charge is 0.295 e. The highest BCUT2D eigenvalue weighted by Crippen LogP contribution is 2.26. The Morgan fingerprint density at radius 1 is 1.30 bits per heavy atom. The standard InChI is InChI=1S/C20H28ClN3O2S/c1-3-4-11-23(18-10-12-27(25,26)15-18)14-19-16(2)22-24(20(19)21)13-17-8-6-5-7-9-17/h5-9,18H,3-4,10-15H2,1-2H3. The molecule has 5 nitrogen and oxygen atoms in total. The lowest BCUT2D eigenvalue weighted by Crippen LogP contribution is -2.36. The molecule has 2 heterocycles. The summed E-state index contributed by atoms with van der Waals surface area (Å²) in [5.74, 6) is 0.547. The summed E-state index contributed by atoms with van der Waals surface area (Å²) in [6, 6.07) is 10.2. The summed E-state index contributed by atoms with van der Waals surface area (Å²) in [4.78, 5) is 2.29. The average molecular weight is 410 g/mol. The Morgan fingerprint density at radius 3 is 2.67 bits per heavy atom. The van der Waals surface area contributed by atoms with Crippen molar-refractivity contribution < 1.29 is 8.42 Å². The Bertz CT molecular complexity index is 865. The third-order valence-electron chi connectivity index (χ3n) is 5.24. The first-order valence-corrected chi connectivity index (χ1v) is 11.8. The van der Waals surface area contributed by atoms with Crippen LogP contribution in [0.25, 0.3) is 0 Å². The first-order valence-electron chi connectivity index (χ1n) is 9.60. The number of rotatable bonds is 8. The van der Waals surface area contributed by atoms with Crippen LogP contribution >= 0.6 is 11.6 Å². The minimum atomic E-state index is -2.91. The van der Waals surface area contributed by atoms with E-state index in [2.05, 4.69) is 29.1 Å². The molecular formula is C20H28ClN3O2S. The number of unbranched alkanes of at least 4 members (excludes halogenated alkanes) is 1. The molecule has 1 fully saturated rings. The van der Waals surface area contributed by atoms with Gasteiger partial charge in [-0.2, -0.15) is 5.10 Å². The van der Waals surface area contributed by atoms with Crippen LogP contribution in [0, 0.1) is 6.92 Å². The first-order chi connectivity index (χ1) is 12.9. The third kappa shape index (κ3) is 5.12. The van der Waals surface area contributed by atoms with Crippen LogP contribution in [0.4, 0.5) is 0 Å². The van der Waals surface area contributed by atoms with Crippen LogP contribution in [0.15, 0.2) is 30.3 Å². The van der Waals surface area contributed by atoms with Crippen LogP contribution in [0.2, 0.25) is 5.15 Å². The smallest absolute Gasteiger partial charge is 0.151 e. The molecule has 0 amide bonds. The van der Waals surface area contributed by atoms with Crippen LogP contribution in [0.3, 0.4) is 0 Å². The van der Waals surface area contributed by atoms with Crippen LogP contribution in [-0.2, 0) is 22.9 Å². The Hall–Kier alpha value is -1.37. The van der Waals surface area contributed by atoms with Crippen molar-refractivity contribution in [2.45, 2.75) is 52.2 Å². The molecular weight excluding hydrogens is 382 g/mol. The number of halogens is 1. The molecule has 1 aromatic heterocycles. The second-order valence-electron chi connectivity index (χ2n) is 7.38. The highest BCUT2D eigenvalue weighted by Gasteiger charge is 2.32. The predicted octanol–water partition coefficient (Wildman–Crippen LogP) is 3.68. The molecule has 148 valence electrons. The fourth-order valence-corrected chi connectivity index (χ4v) is 5.71. The van der Waals surface area contributed by atoms with Crippen LogP contribution in [-0.4, -0.2) is 47.2 Å². The molecule has 0 N–H and O–H groups in total. The van der Waals surface area contributed by atoms with E-state index >= 15 is 0 Å². The molecule has 7 heteroatoms. The summed E-state index contributed by atoms with van der Waals surface area (Å²) in [6.07, 6.45) is 2.84. The number of benzene rings is 1. The van der Waals surface area contributed by atoms with Crippen LogP contribution in [0.1, 0.15) is 43.0 Å². The van der Waals surface area contributed by atoms with E-state index in [0.29, 0.717) is 30.4 Å². The summed E-state index contributed by atoms with van der Waals surface area (Å²) in [5, 5.41) is 5.29. The maximum Gasteiger partial charge on any atom is 0.151 e. The van der Waals surface area contributed by atoms with Gasteiger partial charge in [0.2, 0.25) is 0 Å². The van der Waals surface area contributed by atoms with E-state index in [1.807, 2.05) is 29.8 Å². The Kier molecular flexibility index (Phi) is 6.61. The number of hydrogen-bond donors (Lipinski definition) is 0. The highest BCUT2D eigenvalue weighted by molar-refractivity contribution is 7.91. The molecule has 27 heavy (non-hydrogen) atoms. The van der Waals surface area contributed by atoms with E-state index in [1.165, 1.54) is 0 Å². The van der Waals surface area contributed by atoms with Gasteiger partial charge in [0.25, 0.3) is 0 Å².